The van der Waals surface area contributed by atoms with E-state index in [0.717, 1.165) is 12.0 Å². The van der Waals surface area contributed by atoms with Crippen LogP contribution in [0.5, 0.6) is 0 Å². The van der Waals surface area contributed by atoms with Gasteiger partial charge in [-0.1, -0.05) is 13.3 Å². The van der Waals surface area contributed by atoms with Crippen LogP contribution >= 0.6 is 0 Å². The van der Waals surface area contributed by atoms with Crippen molar-refractivity contribution < 1.29 is 0 Å². The standard InChI is InChI=1S/C12H24N2/c1-4-5-11-8-13-12(2,9-14(11)3)10-6-7-10/h10-11,13H,4-9H2,1-3H3. The molecule has 1 saturated heterocycles. The highest BCUT2D eigenvalue weighted by molar-refractivity contribution is 5.03. The Morgan fingerprint density at radius 3 is 2.64 bits per heavy atom. The molecule has 1 heterocycles. The quantitative estimate of drug-likeness (QED) is 0.741. The van der Waals surface area contributed by atoms with Gasteiger partial charge >= 0.3 is 0 Å². The number of piperazine rings is 1. The molecule has 2 atom stereocenters. The molecule has 2 aliphatic rings. The Kier molecular flexibility index (Phi) is 2.85. The maximum absolute atomic E-state index is 3.78. The molecule has 0 aromatic heterocycles. The Morgan fingerprint density at radius 2 is 2.14 bits per heavy atom. The minimum atomic E-state index is 0.416. The van der Waals surface area contributed by atoms with Gasteiger partial charge in [-0.2, -0.15) is 0 Å². The van der Waals surface area contributed by atoms with E-state index >= 15 is 0 Å². The maximum Gasteiger partial charge on any atom is 0.0309 e. The summed E-state index contributed by atoms with van der Waals surface area (Å²) in [4.78, 5) is 2.57. The van der Waals surface area contributed by atoms with Crippen LogP contribution in [0.4, 0.5) is 0 Å². The number of nitrogens with one attached hydrogen (secondary N) is 1. The zero-order valence-electron chi connectivity index (χ0n) is 9.84. The monoisotopic (exact) mass is 196 g/mol. The third-order valence-corrected chi connectivity index (χ3v) is 4.04. The molecule has 2 rings (SSSR count). The molecule has 0 spiro atoms. The predicted octanol–water partition coefficient (Wildman–Crippen LogP) is 1.86. The van der Waals surface area contributed by atoms with Crippen molar-refractivity contribution in [3.63, 3.8) is 0 Å². The van der Waals surface area contributed by atoms with Gasteiger partial charge in [-0.15, -0.1) is 0 Å². The van der Waals surface area contributed by atoms with E-state index in [1.165, 1.54) is 38.8 Å². The average molecular weight is 196 g/mol. The van der Waals surface area contributed by atoms with Crippen molar-refractivity contribution in [3.05, 3.63) is 0 Å². The summed E-state index contributed by atoms with van der Waals surface area (Å²) < 4.78 is 0. The van der Waals surface area contributed by atoms with E-state index in [0.29, 0.717) is 5.54 Å². The SMILES string of the molecule is CCCC1CNC(C)(C2CC2)CN1C. The van der Waals surface area contributed by atoms with E-state index in [9.17, 15) is 0 Å². The summed E-state index contributed by atoms with van der Waals surface area (Å²) in [6.45, 7) is 7.12. The third-order valence-electron chi connectivity index (χ3n) is 4.04. The molecule has 2 heteroatoms. The lowest BCUT2D eigenvalue weighted by molar-refractivity contribution is 0.0937. The fourth-order valence-corrected chi connectivity index (χ4v) is 2.86. The van der Waals surface area contributed by atoms with E-state index in [1.54, 1.807) is 0 Å². The lowest BCUT2D eigenvalue weighted by Gasteiger charge is -2.45. The molecule has 1 saturated carbocycles. The first kappa shape index (κ1) is 10.4. The van der Waals surface area contributed by atoms with E-state index < -0.39 is 0 Å². The second-order valence-corrected chi connectivity index (χ2v) is 5.43. The highest BCUT2D eigenvalue weighted by atomic mass is 15.2. The summed E-state index contributed by atoms with van der Waals surface area (Å²) in [5.74, 6) is 0.951. The number of rotatable bonds is 3. The Labute approximate surface area is 88.1 Å². The minimum Gasteiger partial charge on any atom is -0.308 e. The second-order valence-electron chi connectivity index (χ2n) is 5.43. The summed E-state index contributed by atoms with van der Waals surface area (Å²) in [5, 5.41) is 3.78. The van der Waals surface area contributed by atoms with Crippen LogP contribution in [0.25, 0.3) is 0 Å². The first-order valence-electron chi connectivity index (χ1n) is 6.11. The zero-order valence-corrected chi connectivity index (χ0v) is 9.84. The van der Waals surface area contributed by atoms with Crippen molar-refractivity contribution in [1.29, 1.82) is 0 Å². The Balaban J connectivity index is 1.91. The van der Waals surface area contributed by atoms with Crippen LogP contribution in [0.15, 0.2) is 0 Å². The summed E-state index contributed by atoms with van der Waals surface area (Å²) in [5.41, 5.74) is 0.416. The van der Waals surface area contributed by atoms with E-state index in [1.807, 2.05) is 0 Å². The molecule has 2 fully saturated rings. The summed E-state index contributed by atoms with van der Waals surface area (Å²) in [6.07, 6.45) is 5.52. The number of nitrogens with zero attached hydrogens (tertiary/aromatic N) is 1. The van der Waals surface area contributed by atoms with Gasteiger partial charge in [0.15, 0.2) is 0 Å². The normalized spacial score (nSPS) is 40.1. The van der Waals surface area contributed by atoms with E-state index in [-0.39, 0.29) is 0 Å². The Hall–Kier alpha value is -0.0800. The van der Waals surface area contributed by atoms with Gasteiger partial charge in [0.1, 0.15) is 0 Å². The van der Waals surface area contributed by atoms with Crippen molar-refractivity contribution in [2.24, 2.45) is 5.92 Å². The fourth-order valence-electron chi connectivity index (χ4n) is 2.86. The topological polar surface area (TPSA) is 15.3 Å². The molecule has 1 N–H and O–H groups in total. The van der Waals surface area contributed by atoms with Crippen molar-refractivity contribution in [1.82, 2.24) is 10.2 Å². The second kappa shape index (κ2) is 3.82. The largest absolute Gasteiger partial charge is 0.308 e. The van der Waals surface area contributed by atoms with Crippen LogP contribution in [-0.2, 0) is 0 Å². The van der Waals surface area contributed by atoms with Gasteiger partial charge in [0.2, 0.25) is 0 Å². The molecular formula is C12H24N2. The molecule has 0 radical (unpaired) electrons. The van der Waals surface area contributed by atoms with Gasteiger partial charge in [-0.25, -0.2) is 0 Å². The van der Waals surface area contributed by atoms with Crippen LogP contribution in [-0.4, -0.2) is 36.6 Å². The molecule has 82 valence electrons. The van der Waals surface area contributed by atoms with E-state index in [2.05, 4.69) is 31.1 Å². The highest BCUT2D eigenvalue weighted by Crippen LogP contribution is 2.41. The Bertz CT molecular complexity index is 200. The molecule has 2 unspecified atom stereocenters. The lowest BCUT2D eigenvalue weighted by atomic mass is 9.90. The molecule has 0 bridgehead atoms. The minimum absolute atomic E-state index is 0.416. The predicted molar refractivity (Wildman–Crippen MR) is 60.5 cm³/mol. The molecule has 0 amide bonds. The van der Waals surface area contributed by atoms with Crippen molar-refractivity contribution in [2.45, 2.75) is 51.1 Å². The highest BCUT2D eigenvalue weighted by Gasteiger charge is 2.44. The first-order valence-corrected chi connectivity index (χ1v) is 6.11. The molecule has 0 aromatic carbocycles. The molecular weight excluding hydrogens is 172 g/mol. The number of hydrogen-bond donors (Lipinski definition) is 1. The van der Waals surface area contributed by atoms with Crippen LogP contribution < -0.4 is 5.32 Å². The molecule has 0 aromatic rings. The lowest BCUT2D eigenvalue weighted by Crippen LogP contribution is -2.62. The molecule has 1 aliphatic carbocycles. The van der Waals surface area contributed by atoms with Crippen LogP contribution in [0, 0.1) is 5.92 Å². The van der Waals surface area contributed by atoms with Crippen LogP contribution in [0.1, 0.15) is 39.5 Å². The van der Waals surface area contributed by atoms with Gasteiger partial charge in [-0.05, 0) is 39.2 Å². The van der Waals surface area contributed by atoms with Crippen molar-refractivity contribution in [3.8, 4) is 0 Å². The molecule has 2 nitrogen and oxygen atoms in total. The van der Waals surface area contributed by atoms with Crippen molar-refractivity contribution in [2.75, 3.05) is 20.1 Å². The molecule has 14 heavy (non-hydrogen) atoms. The number of likely N-dealkylation sites (N-methyl/N-ethyl adjacent to an activating group) is 1. The van der Waals surface area contributed by atoms with Gasteiger partial charge in [0, 0.05) is 24.7 Å². The zero-order chi connectivity index (χ0) is 10.2. The van der Waals surface area contributed by atoms with Crippen LogP contribution in [0.3, 0.4) is 0 Å². The third kappa shape index (κ3) is 1.96. The first-order chi connectivity index (χ1) is 6.65. The van der Waals surface area contributed by atoms with Gasteiger partial charge in [0.05, 0.1) is 0 Å². The van der Waals surface area contributed by atoms with Gasteiger partial charge in [0.25, 0.3) is 0 Å². The van der Waals surface area contributed by atoms with Crippen LogP contribution in [0.2, 0.25) is 0 Å². The number of hydrogen-bond acceptors (Lipinski definition) is 2. The van der Waals surface area contributed by atoms with Crippen molar-refractivity contribution >= 4 is 0 Å². The Morgan fingerprint density at radius 1 is 1.43 bits per heavy atom. The maximum atomic E-state index is 3.78. The summed E-state index contributed by atoms with van der Waals surface area (Å²) in [7, 11) is 2.29. The van der Waals surface area contributed by atoms with E-state index in [4.69, 9.17) is 0 Å². The van der Waals surface area contributed by atoms with Gasteiger partial charge < -0.3 is 10.2 Å². The fraction of sp³-hybridized carbons (Fsp3) is 1.00. The summed E-state index contributed by atoms with van der Waals surface area (Å²) >= 11 is 0. The smallest absolute Gasteiger partial charge is 0.0309 e. The van der Waals surface area contributed by atoms with Gasteiger partial charge in [-0.3, -0.25) is 0 Å². The summed E-state index contributed by atoms with van der Waals surface area (Å²) in [6, 6.07) is 0.770. The average Bonchev–Trinajstić information content (AvgIpc) is 2.93. The molecule has 1 aliphatic heterocycles.